The van der Waals surface area contributed by atoms with Gasteiger partial charge in [0.1, 0.15) is 5.82 Å². The molecule has 0 unspecified atom stereocenters. The highest BCUT2D eigenvalue weighted by Gasteiger charge is 2.23. The van der Waals surface area contributed by atoms with Gasteiger partial charge in [-0.3, -0.25) is 4.99 Å². The summed E-state index contributed by atoms with van der Waals surface area (Å²) in [7, 11) is 0. The minimum atomic E-state index is 0.158. The van der Waals surface area contributed by atoms with Gasteiger partial charge in [0.2, 0.25) is 0 Å². The van der Waals surface area contributed by atoms with E-state index >= 15 is 0 Å². The number of thioether (sulfide) groups is 1. The summed E-state index contributed by atoms with van der Waals surface area (Å²) in [6, 6.07) is 1.91. The first kappa shape index (κ1) is 12.4. The van der Waals surface area contributed by atoms with E-state index in [1.165, 1.54) is 6.42 Å². The molecule has 0 saturated carbocycles. The molecule has 2 rings (SSSR count). The molecule has 0 aromatic carbocycles. The zero-order valence-corrected chi connectivity index (χ0v) is 11.3. The summed E-state index contributed by atoms with van der Waals surface area (Å²) in [6.07, 6.45) is 2.95. The number of aliphatic imine (C=N–C) groups is 1. The molecule has 5 heteroatoms. The Hall–Kier alpha value is -1.10. The van der Waals surface area contributed by atoms with Gasteiger partial charge in [-0.15, -0.1) is 0 Å². The average Bonchev–Trinajstić information content (AvgIpc) is 2.25. The van der Waals surface area contributed by atoms with E-state index in [-0.39, 0.29) is 5.54 Å². The van der Waals surface area contributed by atoms with Crippen molar-refractivity contribution < 1.29 is 0 Å². The summed E-state index contributed by atoms with van der Waals surface area (Å²) >= 11 is 1.78. The number of aryl methyl sites for hydroxylation is 1. The smallest absolute Gasteiger partial charge is 0.157 e. The van der Waals surface area contributed by atoms with E-state index in [0.717, 1.165) is 22.4 Å². The van der Waals surface area contributed by atoms with Gasteiger partial charge in [-0.25, -0.2) is 9.97 Å². The first-order chi connectivity index (χ1) is 8.05. The van der Waals surface area contributed by atoms with E-state index in [1.807, 2.05) is 13.0 Å². The molecule has 4 nitrogen and oxygen atoms in total. The Kier molecular flexibility index (Phi) is 3.66. The summed E-state index contributed by atoms with van der Waals surface area (Å²) in [4.78, 5) is 13.0. The van der Waals surface area contributed by atoms with Crippen molar-refractivity contribution in [2.24, 2.45) is 4.99 Å². The van der Waals surface area contributed by atoms with Gasteiger partial charge < -0.3 is 5.32 Å². The quantitative estimate of drug-likeness (QED) is 0.873. The Morgan fingerprint density at radius 2 is 2.35 bits per heavy atom. The highest BCUT2D eigenvalue weighted by atomic mass is 32.2. The minimum Gasteiger partial charge on any atom is -0.360 e. The van der Waals surface area contributed by atoms with Gasteiger partial charge in [-0.1, -0.05) is 11.8 Å². The normalized spacial score (nSPS) is 21.2. The van der Waals surface area contributed by atoms with Gasteiger partial charge in [0.25, 0.3) is 0 Å². The zero-order chi connectivity index (χ0) is 12.3. The average molecular weight is 250 g/mol. The first-order valence-electron chi connectivity index (χ1n) is 5.79. The third-order valence-electron chi connectivity index (χ3n) is 2.63. The summed E-state index contributed by atoms with van der Waals surface area (Å²) < 4.78 is 0. The maximum absolute atomic E-state index is 4.57. The van der Waals surface area contributed by atoms with Crippen LogP contribution in [0.3, 0.4) is 0 Å². The van der Waals surface area contributed by atoms with Gasteiger partial charge >= 0.3 is 0 Å². The number of nitrogens with one attached hydrogen (secondary N) is 1. The molecule has 0 amide bonds. The van der Waals surface area contributed by atoms with Crippen LogP contribution in [-0.4, -0.2) is 26.4 Å². The van der Waals surface area contributed by atoms with Crippen molar-refractivity contribution in [2.45, 2.75) is 39.3 Å². The van der Waals surface area contributed by atoms with Crippen LogP contribution in [0.1, 0.15) is 31.8 Å². The monoisotopic (exact) mass is 250 g/mol. The predicted octanol–water partition coefficient (Wildman–Crippen LogP) is 2.15. The predicted molar refractivity (Wildman–Crippen MR) is 72.2 cm³/mol. The molecule has 1 aliphatic rings. The molecule has 17 heavy (non-hydrogen) atoms. The van der Waals surface area contributed by atoms with Gasteiger partial charge in [0.15, 0.2) is 5.17 Å². The molecule has 1 N–H and O–H groups in total. The van der Waals surface area contributed by atoms with Crippen LogP contribution in [0.4, 0.5) is 0 Å². The number of nitrogens with zero attached hydrogens (tertiary/aromatic N) is 3. The fourth-order valence-electron chi connectivity index (χ4n) is 1.62. The van der Waals surface area contributed by atoms with Crippen LogP contribution < -0.4 is 5.32 Å². The topological polar surface area (TPSA) is 50.2 Å². The second kappa shape index (κ2) is 5.04. The lowest BCUT2D eigenvalue weighted by Gasteiger charge is -2.32. The Bertz CT molecular complexity index is 428. The maximum atomic E-state index is 4.57. The van der Waals surface area contributed by atoms with E-state index in [4.69, 9.17) is 0 Å². The fraction of sp³-hybridized carbons (Fsp3) is 0.583. The molecule has 1 saturated heterocycles. The lowest BCUT2D eigenvalue weighted by atomic mass is 10.0. The Labute approximate surface area is 106 Å². The van der Waals surface area contributed by atoms with Gasteiger partial charge in [-0.2, -0.15) is 0 Å². The minimum absolute atomic E-state index is 0.158. The Morgan fingerprint density at radius 1 is 1.53 bits per heavy atom. The van der Waals surface area contributed by atoms with Crippen LogP contribution in [0.15, 0.2) is 17.3 Å². The lowest BCUT2D eigenvalue weighted by Crippen LogP contribution is -2.46. The molecule has 92 valence electrons. The fourth-order valence-corrected chi connectivity index (χ4v) is 2.93. The number of hydrogen-bond acceptors (Lipinski definition) is 4. The van der Waals surface area contributed by atoms with E-state index in [1.54, 1.807) is 18.0 Å². The highest BCUT2D eigenvalue weighted by Crippen LogP contribution is 2.21. The van der Waals surface area contributed by atoms with Crippen molar-refractivity contribution >= 4 is 16.9 Å². The second-order valence-corrected chi connectivity index (χ2v) is 5.91. The van der Waals surface area contributed by atoms with Crippen LogP contribution in [0.2, 0.25) is 0 Å². The molecule has 0 spiro atoms. The Balaban J connectivity index is 2.01. The van der Waals surface area contributed by atoms with E-state index < -0.39 is 0 Å². The third kappa shape index (κ3) is 3.70. The molecule has 0 atom stereocenters. The largest absolute Gasteiger partial charge is 0.360 e. The molecule has 0 aliphatic carbocycles. The first-order valence-corrected chi connectivity index (χ1v) is 6.78. The van der Waals surface area contributed by atoms with Crippen molar-refractivity contribution in [2.75, 3.05) is 5.75 Å². The van der Waals surface area contributed by atoms with Crippen molar-refractivity contribution in [1.82, 2.24) is 15.3 Å². The maximum Gasteiger partial charge on any atom is 0.157 e. The number of rotatable bonds is 2. The zero-order valence-electron chi connectivity index (χ0n) is 10.5. The van der Waals surface area contributed by atoms with Crippen LogP contribution in [0, 0.1) is 6.92 Å². The van der Waals surface area contributed by atoms with Gasteiger partial charge in [0, 0.05) is 17.5 Å². The Morgan fingerprint density at radius 3 is 3.06 bits per heavy atom. The molecule has 0 radical (unpaired) electrons. The van der Waals surface area contributed by atoms with E-state index in [2.05, 4.69) is 34.1 Å². The molecule has 1 fully saturated rings. The molecule has 1 aromatic heterocycles. The summed E-state index contributed by atoms with van der Waals surface area (Å²) in [6.45, 7) is 6.93. The number of aromatic nitrogens is 2. The second-order valence-electron chi connectivity index (χ2n) is 4.82. The molecule has 1 aliphatic heterocycles. The summed E-state index contributed by atoms with van der Waals surface area (Å²) in [5.41, 5.74) is 1.13. The van der Waals surface area contributed by atoms with E-state index in [0.29, 0.717) is 6.54 Å². The van der Waals surface area contributed by atoms with Gasteiger partial charge in [-0.05, 0) is 33.3 Å². The van der Waals surface area contributed by atoms with Crippen LogP contribution in [-0.2, 0) is 6.54 Å². The van der Waals surface area contributed by atoms with Crippen molar-refractivity contribution in [3.05, 3.63) is 23.8 Å². The molecule has 1 aromatic rings. The van der Waals surface area contributed by atoms with Crippen molar-refractivity contribution in [3.63, 3.8) is 0 Å². The number of amidine groups is 1. The summed E-state index contributed by atoms with van der Waals surface area (Å²) in [5.74, 6) is 1.93. The molecular formula is C12H18N4S. The van der Waals surface area contributed by atoms with Crippen LogP contribution in [0.5, 0.6) is 0 Å². The molecule has 0 bridgehead atoms. The highest BCUT2D eigenvalue weighted by molar-refractivity contribution is 8.13. The van der Waals surface area contributed by atoms with E-state index in [9.17, 15) is 0 Å². The number of hydrogen-bond donors (Lipinski definition) is 1. The lowest BCUT2D eigenvalue weighted by molar-refractivity contribution is 0.446. The third-order valence-corrected chi connectivity index (χ3v) is 3.54. The van der Waals surface area contributed by atoms with Crippen LogP contribution >= 0.6 is 11.8 Å². The van der Waals surface area contributed by atoms with Crippen molar-refractivity contribution in [1.29, 1.82) is 0 Å². The van der Waals surface area contributed by atoms with Crippen LogP contribution in [0.25, 0.3) is 0 Å². The molecular weight excluding hydrogens is 232 g/mol. The summed E-state index contributed by atoms with van der Waals surface area (Å²) in [5, 5.41) is 4.47. The standard InChI is InChI=1S/C12H18N4S/c1-9-13-6-4-10(15-9)8-14-11-16-12(2,3)5-7-17-11/h4,6H,5,7-8H2,1-3H3,(H,14,16). The van der Waals surface area contributed by atoms with Crippen molar-refractivity contribution in [3.8, 4) is 0 Å². The van der Waals surface area contributed by atoms with Gasteiger partial charge in [0.05, 0.1) is 12.2 Å². The SMILES string of the molecule is Cc1nccc(CN=C2NC(C)(C)CCS2)n1. The molecule has 2 heterocycles.